The van der Waals surface area contributed by atoms with Crippen molar-refractivity contribution in [2.45, 2.75) is 19.3 Å². The van der Waals surface area contributed by atoms with Crippen LogP contribution in [0, 0.1) is 0 Å². The number of anilines is 3. The zero-order valence-electron chi connectivity index (χ0n) is 27.4. The minimum atomic E-state index is -0.0947. The topological polar surface area (TPSA) is 3.24 Å². The van der Waals surface area contributed by atoms with Crippen molar-refractivity contribution >= 4 is 72.4 Å². The molecule has 0 amide bonds. The van der Waals surface area contributed by atoms with E-state index in [9.17, 15) is 0 Å². The van der Waals surface area contributed by atoms with Crippen LogP contribution in [0.2, 0.25) is 0 Å². The first-order valence-electron chi connectivity index (χ1n) is 17.0. The minimum absolute atomic E-state index is 0.0947. The van der Waals surface area contributed by atoms with Gasteiger partial charge in [0.05, 0.1) is 0 Å². The van der Waals surface area contributed by atoms with Crippen molar-refractivity contribution < 1.29 is 0 Å². The molecule has 1 aromatic heterocycles. The summed E-state index contributed by atoms with van der Waals surface area (Å²) in [6.45, 7) is 4.74. The Kier molecular flexibility index (Phi) is 6.31. The Bertz CT molecular complexity index is 2750. The Balaban J connectivity index is 1.26. The Morgan fingerprint density at radius 2 is 1.16 bits per heavy atom. The Hall–Kier alpha value is -5.40. The Morgan fingerprint density at radius 3 is 2.04 bits per heavy atom. The summed E-state index contributed by atoms with van der Waals surface area (Å²) in [5.74, 6) is 0. The maximum atomic E-state index is 2.50. The molecule has 0 spiro atoms. The van der Waals surface area contributed by atoms with Crippen LogP contribution in [0.3, 0.4) is 0 Å². The molecule has 0 atom stereocenters. The number of benzene rings is 8. The number of rotatable bonds is 4. The second kappa shape index (κ2) is 10.8. The molecule has 9 aromatic rings. The summed E-state index contributed by atoms with van der Waals surface area (Å²) in [4.78, 5) is 2.50. The van der Waals surface area contributed by atoms with E-state index in [0.29, 0.717) is 0 Å². The fourth-order valence-electron chi connectivity index (χ4n) is 8.25. The normalized spacial score (nSPS) is 13.3. The molecule has 8 aromatic carbocycles. The van der Waals surface area contributed by atoms with Gasteiger partial charge in [0.2, 0.25) is 0 Å². The standard InChI is InChI=1S/C47H33NSe/c1-47(2)41-21-10-8-17-35(41)36-26-24-34(29-42(36)47)48(33-16-12-15-31(27-33)30-13-4-3-5-14-30)43-28-32-23-25-40-38-19-9-11-22-44(38)49-46(40)45(32)39-20-7-6-18-37(39)43/h3-29H,1-2H3. The first kappa shape index (κ1) is 28.6. The molecular formula is C47H33NSe. The fourth-order valence-corrected chi connectivity index (χ4v) is 10.9. The second-order valence-electron chi connectivity index (χ2n) is 13.7. The summed E-state index contributed by atoms with van der Waals surface area (Å²) in [5.41, 5.74) is 11.3. The fraction of sp³-hybridized carbons (Fsp3) is 0.0638. The van der Waals surface area contributed by atoms with Gasteiger partial charge in [0.15, 0.2) is 0 Å². The third-order valence-corrected chi connectivity index (χ3v) is 13.1. The summed E-state index contributed by atoms with van der Waals surface area (Å²) < 4.78 is 2.98. The quantitative estimate of drug-likeness (QED) is 0.131. The van der Waals surface area contributed by atoms with E-state index in [1.807, 2.05) is 0 Å². The zero-order chi connectivity index (χ0) is 32.7. The monoisotopic (exact) mass is 691 g/mol. The van der Waals surface area contributed by atoms with E-state index in [4.69, 9.17) is 0 Å². The van der Waals surface area contributed by atoms with E-state index in [0.717, 1.165) is 5.69 Å². The van der Waals surface area contributed by atoms with Crippen LogP contribution in [-0.2, 0) is 5.41 Å². The van der Waals surface area contributed by atoms with Gasteiger partial charge in [-0.05, 0) is 0 Å². The third kappa shape index (κ3) is 4.31. The van der Waals surface area contributed by atoms with Gasteiger partial charge in [-0.25, -0.2) is 0 Å². The molecule has 1 aliphatic rings. The molecule has 0 radical (unpaired) electrons. The van der Waals surface area contributed by atoms with Crippen LogP contribution in [0.25, 0.3) is 63.1 Å². The first-order valence-corrected chi connectivity index (χ1v) is 18.7. The van der Waals surface area contributed by atoms with Crippen LogP contribution < -0.4 is 4.90 Å². The summed E-state index contributed by atoms with van der Waals surface area (Å²) >= 11 is 0.264. The molecule has 0 bridgehead atoms. The van der Waals surface area contributed by atoms with E-state index >= 15 is 0 Å². The van der Waals surface area contributed by atoms with Crippen molar-refractivity contribution in [3.8, 4) is 22.3 Å². The Morgan fingerprint density at radius 1 is 0.469 bits per heavy atom. The van der Waals surface area contributed by atoms with Crippen molar-refractivity contribution in [2.75, 3.05) is 4.90 Å². The van der Waals surface area contributed by atoms with Crippen LogP contribution >= 0.6 is 0 Å². The molecule has 0 unspecified atom stereocenters. The number of nitrogens with zero attached hydrogens (tertiary/aromatic N) is 1. The number of fused-ring (bicyclic) bond motifs is 10. The molecule has 2 heteroatoms. The van der Waals surface area contributed by atoms with E-state index < -0.39 is 0 Å². The molecule has 1 nitrogen and oxygen atoms in total. The average Bonchev–Trinajstić information content (AvgIpc) is 3.64. The number of hydrogen-bond acceptors (Lipinski definition) is 1. The van der Waals surface area contributed by atoms with Gasteiger partial charge in [-0.1, -0.05) is 18.2 Å². The predicted octanol–water partition coefficient (Wildman–Crippen LogP) is 12.8. The van der Waals surface area contributed by atoms with Crippen molar-refractivity contribution in [3.63, 3.8) is 0 Å². The molecule has 1 heterocycles. The van der Waals surface area contributed by atoms with Gasteiger partial charge in [-0.2, -0.15) is 0 Å². The van der Waals surface area contributed by atoms with Crippen LogP contribution in [-0.4, -0.2) is 14.5 Å². The number of hydrogen-bond donors (Lipinski definition) is 0. The van der Waals surface area contributed by atoms with E-state index in [1.165, 1.54) is 85.6 Å². The summed E-state index contributed by atoms with van der Waals surface area (Å²) in [6, 6.07) is 61.0. The summed E-state index contributed by atoms with van der Waals surface area (Å²) in [6.07, 6.45) is 0. The van der Waals surface area contributed by atoms with E-state index in [1.54, 1.807) is 0 Å². The van der Waals surface area contributed by atoms with Gasteiger partial charge < -0.3 is 0 Å². The van der Waals surface area contributed by atoms with E-state index in [-0.39, 0.29) is 19.9 Å². The second-order valence-corrected chi connectivity index (χ2v) is 15.9. The summed E-state index contributed by atoms with van der Waals surface area (Å²) in [5, 5.41) is 8.07. The van der Waals surface area contributed by atoms with Gasteiger partial charge in [-0.3, -0.25) is 0 Å². The van der Waals surface area contributed by atoms with Gasteiger partial charge in [0, 0.05) is 0 Å². The van der Waals surface area contributed by atoms with Crippen LogP contribution in [0.15, 0.2) is 164 Å². The van der Waals surface area contributed by atoms with Gasteiger partial charge in [0.1, 0.15) is 0 Å². The van der Waals surface area contributed by atoms with Gasteiger partial charge in [-0.15, -0.1) is 0 Å². The SMILES string of the molecule is CC1(C)c2ccccc2-c2ccc(N(c3cccc(-c4ccccc4)c3)c3cc4ccc5c6ccccc6[se]c5c4c4ccccc34)cc21. The van der Waals surface area contributed by atoms with E-state index in [2.05, 4.69) is 183 Å². The molecule has 10 rings (SSSR count). The molecular weight excluding hydrogens is 657 g/mol. The molecule has 49 heavy (non-hydrogen) atoms. The molecule has 0 N–H and O–H groups in total. The average molecular weight is 691 g/mol. The van der Waals surface area contributed by atoms with Crippen LogP contribution in [0.1, 0.15) is 25.0 Å². The van der Waals surface area contributed by atoms with Crippen molar-refractivity contribution in [2.24, 2.45) is 0 Å². The van der Waals surface area contributed by atoms with Crippen molar-refractivity contribution in [1.82, 2.24) is 0 Å². The van der Waals surface area contributed by atoms with Crippen molar-refractivity contribution in [3.05, 3.63) is 175 Å². The molecule has 0 saturated carbocycles. The maximum absolute atomic E-state index is 2.50. The molecule has 232 valence electrons. The molecule has 0 fully saturated rings. The zero-order valence-corrected chi connectivity index (χ0v) is 29.2. The Labute approximate surface area is 292 Å². The molecule has 1 aliphatic carbocycles. The predicted molar refractivity (Wildman–Crippen MR) is 211 cm³/mol. The van der Waals surface area contributed by atoms with Crippen molar-refractivity contribution in [1.29, 1.82) is 0 Å². The molecule has 0 saturated heterocycles. The molecule has 0 aliphatic heterocycles. The van der Waals surface area contributed by atoms with Gasteiger partial charge in [0.25, 0.3) is 0 Å². The first-order chi connectivity index (χ1) is 24.1. The van der Waals surface area contributed by atoms with Crippen LogP contribution in [0.4, 0.5) is 17.1 Å². The summed E-state index contributed by atoms with van der Waals surface area (Å²) in [7, 11) is 0. The van der Waals surface area contributed by atoms with Crippen LogP contribution in [0.5, 0.6) is 0 Å². The van der Waals surface area contributed by atoms with Gasteiger partial charge >= 0.3 is 276 Å². The third-order valence-electron chi connectivity index (χ3n) is 10.6.